The quantitative estimate of drug-likeness (QED) is 0.755. The van der Waals surface area contributed by atoms with Gasteiger partial charge in [-0.25, -0.2) is 0 Å². The van der Waals surface area contributed by atoms with Crippen molar-refractivity contribution in [3.63, 3.8) is 0 Å². The molecule has 3 aliphatic carbocycles. The maximum absolute atomic E-state index is 10.5. The molecule has 0 aromatic heterocycles. The second kappa shape index (κ2) is 5.21. The van der Waals surface area contributed by atoms with E-state index in [4.69, 9.17) is 0 Å². The first-order valence-corrected chi connectivity index (χ1v) is 8.90. The number of rotatable bonds is 2. The van der Waals surface area contributed by atoms with Crippen LogP contribution in [0.5, 0.6) is 0 Å². The summed E-state index contributed by atoms with van der Waals surface area (Å²) in [7, 11) is 0. The number of hydrogen-bond donors (Lipinski definition) is 2. The fourth-order valence-corrected chi connectivity index (χ4v) is 6.15. The highest BCUT2D eigenvalue weighted by molar-refractivity contribution is 5.26. The van der Waals surface area contributed by atoms with Crippen LogP contribution in [-0.4, -0.2) is 22.9 Å². The van der Waals surface area contributed by atoms with E-state index in [1.807, 2.05) is 0 Å². The van der Waals surface area contributed by atoms with Gasteiger partial charge in [-0.3, -0.25) is 0 Å². The maximum Gasteiger partial charge on any atom is 0.0552 e. The van der Waals surface area contributed by atoms with Gasteiger partial charge in [-0.1, -0.05) is 38.5 Å². The third kappa shape index (κ3) is 2.30. The fourth-order valence-electron chi connectivity index (χ4n) is 6.15. The predicted molar refractivity (Wildman–Crippen MR) is 90.4 cm³/mol. The normalized spacial score (nSPS) is 51.5. The summed E-state index contributed by atoms with van der Waals surface area (Å²) < 4.78 is 0. The number of hydrogen-bond acceptors (Lipinski definition) is 2. The molecule has 0 aliphatic heterocycles. The Morgan fingerprint density at radius 2 is 2.00 bits per heavy atom. The second-order valence-corrected chi connectivity index (χ2v) is 8.99. The van der Waals surface area contributed by atoms with E-state index in [1.165, 1.54) is 6.42 Å². The van der Waals surface area contributed by atoms with Crippen LogP contribution in [0.25, 0.3) is 0 Å². The smallest absolute Gasteiger partial charge is 0.0552 e. The van der Waals surface area contributed by atoms with Gasteiger partial charge in [0.1, 0.15) is 0 Å². The van der Waals surface area contributed by atoms with E-state index >= 15 is 0 Å². The van der Waals surface area contributed by atoms with E-state index in [9.17, 15) is 10.2 Å². The number of aliphatic hydroxyl groups excluding tert-OH is 2. The highest BCUT2D eigenvalue weighted by Gasteiger charge is 2.57. The Morgan fingerprint density at radius 3 is 2.64 bits per heavy atom. The Balaban J connectivity index is 1.99. The molecule has 2 N–H and O–H groups in total. The minimum Gasteiger partial charge on any atom is -0.396 e. The molecule has 0 heterocycles. The molecule has 0 amide bonds. The molecule has 0 aromatic carbocycles. The molecule has 3 rings (SSSR count). The van der Waals surface area contributed by atoms with Crippen molar-refractivity contribution in [1.29, 1.82) is 0 Å². The summed E-state index contributed by atoms with van der Waals surface area (Å²) in [5.74, 6) is 1.09. The zero-order chi connectivity index (χ0) is 16.2. The van der Waals surface area contributed by atoms with E-state index in [1.54, 1.807) is 5.57 Å². The van der Waals surface area contributed by atoms with Crippen LogP contribution in [0.2, 0.25) is 0 Å². The van der Waals surface area contributed by atoms with Gasteiger partial charge in [0.15, 0.2) is 0 Å². The van der Waals surface area contributed by atoms with Gasteiger partial charge in [-0.05, 0) is 61.2 Å². The van der Waals surface area contributed by atoms with Gasteiger partial charge in [0.25, 0.3) is 0 Å². The van der Waals surface area contributed by atoms with Crippen molar-refractivity contribution >= 4 is 0 Å². The maximum atomic E-state index is 10.5. The Labute approximate surface area is 135 Å². The van der Waals surface area contributed by atoms with Crippen molar-refractivity contribution in [2.45, 2.75) is 65.4 Å². The largest absolute Gasteiger partial charge is 0.396 e. The molecule has 0 aromatic rings. The molecule has 22 heavy (non-hydrogen) atoms. The topological polar surface area (TPSA) is 40.5 Å². The van der Waals surface area contributed by atoms with Crippen molar-refractivity contribution in [1.82, 2.24) is 0 Å². The van der Waals surface area contributed by atoms with Crippen LogP contribution in [0.4, 0.5) is 0 Å². The highest BCUT2D eigenvalue weighted by Crippen LogP contribution is 2.63. The molecule has 0 spiro atoms. The molecule has 0 saturated heterocycles. The Morgan fingerprint density at radius 1 is 1.27 bits per heavy atom. The van der Waals surface area contributed by atoms with Gasteiger partial charge < -0.3 is 10.2 Å². The van der Waals surface area contributed by atoms with Crippen molar-refractivity contribution in [2.24, 2.45) is 28.1 Å². The minimum atomic E-state index is -0.273. The van der Waals surface area contributed by atoms with Gasteiger partial charge in [0.05, 0.1) is 6.10 Å². The molecule has 2 saturated carbocycles. The monoisotopic (exact) mass is 304 g/mol. The predicted octanol–water partition coefficient (Wildman–Crippen LogP) is 4.08. The summed E-state index contributed by atoms with van der Waals surface area (Å²) in [4.78, 5) is 0. The zero-order valence-electron chi connectivity index (χ0n) is 14.4. The van der Waals surface area contributed by atoms with Gasteiger partial charge in [0, 0.05) is 12.0 Å². The van der Waals surface area contributed by atoms with Crippen LogP contribution in [-0.2, 0) is 0 Å². The standard InChI is InChI=1S/C20H32O2/c1-5-18(2)9-8-16-14(10-18)6-7-17-19(3,13-21)11-15(22)12-20(16,17)4/h5,10,15-17,21-22H,1,6-9,11-13H2,2-4H3/t15-,16+,17+,18-,19+,20-/m1/s1. The van der Waals surface area contributed by atoms with E-state index in [-0.39, 0.29) is 29.0 Å². The average molecular weight is 304 g/mol. The van der Waals surface area contributed by atoms with Gasteiger partial charge in [0.2, 0.25) is 0 Å². The molecular formula is C20H32O2. The molecule has 3 aliphatic rings. The number of fused-ring (bicyclic) bond motifs is 3. The summed E-state index contributed by atoms with van der Waals surface area (Å²) in [6, 6.07) is 0. The Kier molecular flexibility index (Phi) is 3.85. The lowest BCUT2D eigenvalue weighted by molar-refractivity contribution is -0.131. The molecule has 0 bridgehead atoms. The van der Waals surface area contributed by atoms with Crippen LogP contribution in [0.15, 0.2) is 24.3 Å². The van der Waals surface area contributed by atoms with Gasteiger partial charge in [-0.2, -0.15) is 0 Å². The third-order valence-corrected chi connectivity index (χ3v) is 7.29. The lowest BCUT2D eigenvalue weighted by Crippen LogP contribution is -2.56. The van der Waals surface area contributed by atoms with Crippen molar-refractivity contribution in [3.8, 4) is 0 Å². The van der Waals surface area contributed by atoms with E-state index in [0.717, 1.165) is 32.1 Å². The molecule has 2 fully saturated rings. The number of aliphatic hydroxyl groups is 2. The van der Waals surface area contributed by atoms with Crippen LogP contribution in [0, 0.1) is 28.1 Å². The van der Waals surface area contributed by atoms with E-state index < -0.39 is 0 Å². The molecule has 6 atom stereocenters. The van der Waals surface area contributed by atoms with E-state index in [2.05, 4.69) is 39.5 Å². The summed E-state index contributed by atoms with van der Waals surface area (Å²) >= 11 is 0. The molecule has 0 unspecified atom stereocenters. The SMILES string of the molecule is C=C[C@@]1(C)C=C2CC[C@H]3[C@](C)(CO)C[C@@H](O)C[C@]3(C)[C@H]2CC1. The summed E-state index contributed by atoms with van der Waals surface area (Å²) in [6.45, 7) is 11.1. The van der Waals surface area contributed by atoms with Crippen molar-refractivity contribution < 1.29 is 10.2 Å². The first kappa shape index (κ1) is 16.3. The summed E-state index contributed by atoms with van der Waals surface area (Å²) in [5, 5.41) is 20.5. The average Bonchev–Trinajstić information content (AvgIpc) is 2.45. The van der Waals surface area contributed by atoms with Crippen LogP contribution < -0.4 is 0 Å². The lowest BCUT2D eigenvalue weighted by atomic mass is 9.45. The molecule has 124 valence electrons. The van der Waals surface area contributed by atoms with Crippen LogP contribution in [0.1, 0.15) is 59.3 Å². The third-order valence-electron chi connectivity index (χ3n) is 7.29. The first-order valence-electron chi connectivity index (χ1n) is 8.90. The van der Waals surface area contributed by atoms with Gasteiger partial charge in [-0.15, -0.1) is 6.58 Å². The second-order valence-electron chi connectivity index (χ2n) is 8.99. The van der Waals surface area contributed by atoms with Crippen LogP contribution >= 0.6 is 0 Å². The van der Waals surface area contributed by atoms with Crippen molar-refractivity contribution in [3.05, 3.63) is 24.3 Å². The van der Waals surface area contributed by atoms with Gasteiger partial charge >= 0.3 is 0 Å². The van der Waals surface area contributed by atoms with Crippen molar-refractivity contribution in [2.75, 3.05) is 6.61 Å². The Hall–Kier alpha value is -0.600. The summed E-state index contributed by atoms with van der Waals surface area (Å²) in [6.07, 6.45) is 10.6. The Bertz CT molecular complexity index is 496. The fraction of sp³-hybridized carbons (Fsp3) is 0.800. The lowest BCUT2D eigenvalue weighted by Gasteiger charge is -2.60. The molecule has 2 nitrogen and oxygen atoms in total. The molecular weight excluding hydrogens is 272 g/mol. The van der Waals surface area contributed by atoms with Crippen LogP contribution in [0.3, 0.4) is 0 Å². The van der Waals surface area contributed by atoms with E-state index in [0.29, 0.717) is 11.8 Å². The minimum absolute atomic E-state index is 0.127. The number of allylic oxidation sites excluding steroid dienone is 3. The first-order chi connectivity index (χ1) is 10.3. The summed E-state index contributed by atoms with van der Waals surface area (Å²) in [5.41, 5.74) is 1.73. The highest BCUT2D eigenvalue weighted by atomic mass is 16.3. The zero-order valence-corrected chi connectivity index (χ0v) is 14.4. The molecule has 2 heteroatoms. The molecule has 0 radical (unpaired) electrons.